The van der Waals surface area contributed by atoms with Gasteiger partial charge in [0.15, 0.2) is 0 Å². The van der Waals surface area contributed by atoms with Gasteiger partial charge in [0, 0.05) is 0 Å². The predicted octanol–water partition coefficient (Wildman–Crippen LogP) is 2.91. The minimum Gasteiger partial charge on any atom is -0.309 e. The van der Waals surface area contributed by atoms with Gasteiger partial charge in [-0.05, 0) is 29.9 Å². The lowest BCUT2D eigenvalue weighted by molar-refractivity contribution is 0.868. The number of H-pyrrole nitrogens is 1. The Kier molecular flexibility index (Phi) is 3.52. The van der Waals surface area contributed by atoms with Crippen LogP contribution in [0.4, 0.5) is 0 Å². The molecule has 3 nitrogen and oxygen atoms in total. The van der Waals surface area contributed by atoms with Crippen molar-refractivity contribution in [3.05, 3.63) is 39.9 Å². The summed E-state index contributed by atoms with van der Waals surface area (Å²) in [5.41, 5.74) is 1.91. The van der Waals surface area contributed by atoms with E-state index in [0.29, 0.717) is 11.3 Å². The number of hydrogen-bond donors (Lipinski definition) is 1. The average Bonchev–Trinajstić information content (AvgIpc) is 2.29. The molecule has 0 spiro atoms. The zero-order valence-corrected chi connectivity index (χ0v) is 11.1. The third-order valence-electron chi connectivity index (χ3n) is 2.73. The molecule has 90 valence electrons. The third kappa shape index (κ3) is 2.52. The molecule has 17 heavy (non-hydrogen) atoms. The number of aromatic nitrogens is 2. The maximum Gasteiger partial charge on any atom is 0.258 e. The Balaban J connectivity index is 2.60. The van der Waals surface area contributed by atoms with Crippen molar-refractivity contribution in [1.82, 2.24) is 9.97 Å². The highest BCUT2D eigenvalue weighted by molar-refractivity contribution is 7.97. The largest absolute Gasteiger partial charge is 0.309 e. The minimum atomic E-state index is -0.0402. The molecule has 0 saturated carbocycles. The summed E-state index contributed by atoms with van der Waals surface area (Å²) in [6, 6.07) is 5.92. The second-order valence-electron chi connectivity index (χ2n) is 4.38. The van der Waals surface area contributed by atoms with Gasteiger partial charge in [0.05, 0.1) is 16.7 Å². The highest BCUT2D eigenvalue weighted by Crippen LogP contribution is 2.18. The van der Waals surface area contributed by atoms with Crippen molar-refractivity contribution in [1.29, 1.82) is 0 Å². The van der Waals surface area contributed by atoms with Crippen LogP contribution < -0.4 is 5.56 Å². The van der Waals surface area contributed by atoms with Crippen LogP contribution >= 0.6 is 11.8 Å². The van der Waals surface area contributed by atoms with Crippen molar-refractivity contribution in [2.75, 3.05) is 6.26 Å². The van der Waals surface area contributed by atoms with Crippen LogP contribution in [0.25, 0.3) is 10.9 Å². The van der Waals surface area contributed by atoms with Crippen LogP contribution in [-0.4, -0.2) is 16.2 Å². The first-order valence-electron chi connectivity index (χ1n) is 5.63. The van der Waals surface area contributed by atoms with Gasteiger partial charge in [0.1, 0.15) is 5.82 Å². The second-order valence-corrected chi connectivity index (χ2v) is 5.24. The Labute approximate surface area is 105 Å². The van der Waals surface area contributed by atoms with Crippen LogP contribution in [0.3, 0.4) is 0 Å². The number of fused-ring (bicyclic) bond motifs is 1. The van der Waals surface area contributed by atoms with E-state index in [0.717, 1.165) is 17.1 Å². The quantitative estimate of drug-likeness (QED) is 0.908. The van der Waals surface area contributed by atoms with Crippen molar-refractivity contribution in [2.24, 2.45) is 0 Å². The van der Waals surface area contributed by atoms with Gasteiger partial charge >= 0.3 is 0 Å². The van der Waals surface area contributed by atoms with E-state index < -0.39 is 0 Å². The van der Waals surface area contributed by atoms with Gasteiger partial charge < -0.3 is 4.98 Å². The predicted molar refractivity (Wildman–Crippen MR) is 73.7 cm³/mol. The van der Waals surface area contributed by atoms with Crippen LogP contribution in [-0.2, 0) is 5.75 Å². The van der Waals surface area contributed by atoms with Gasteiger partial charge in [0.2, 0.25) is 0 Å². The first kappa shape index (κ1) is 12.2. The fourth-order valence-corrected chi connectivity index (χ4v) is 2.18. The molecule has 1 N–H and O–H groups in total. The monoisotopic (exact) mass is 248 g/mol. The second kappa shape index (κ2) is 4.92. The number of aromatic amines is 1. The van der Waals surface area contributed by atoms with Gasteiger partial charge in [-0.1, -0.05) is 19.9 Å². The molecule has 0 radical (unpaired) electrons. The molecule has 0 bridgehead atoms. The number of rotatable bonds is 3. The molecular formula is C13H16N2OS. The molecule has 0 aliphatic heterocycles. The molecule has 1 heterocycles. The van der Waals surface area contributed by atoms with Crippen LogP contribution in [0.2, 0.25) is 0 Å². The lowest BCUT2D eigenvalue weighted by Gasteiger charge is -2.07. The topological polar surface area (TPSA) is 45.8 Å². The van der Waals surface area contributed by atoms with E-state index in [2.05, 4.69) is 23.8 Å². The van der Waals surface area contributed by atoms with Gasteiger partial charge in [-0.25, -0.2) is 4.98 Å². The smallest absolute Gasteiger partial charge is 0.258 e. The van der Waals surface area contributed by atoms with Crippen molar-refractivity contribution in [3.63, 3.8) is 0 Å². The molecule has 2 rings (SSSR count). The fourth-order valence-electron chi connectivity index (χ4n) is 1.77. The lowest BCUT2D eigenvalue weighted by Crippen LogP contribution is -2.11. The third-order valence-corrected chi connectivity index (χ3v) is 3.29. The van der Waals surface area contributed by atoms with Crippen LogP contribution in [0, 0.1) is 0 Å². The Morgan fingerprint density at radius 2 is 2.18 bits per heavy atom. The lowest BCUT2D eigenvalue weighted by atomic mass is 10.0. The van der Waals surface area contributed by atoms with E-state index in [1.807, 2.05) is 24.5 Å². The molecule has 0 unspecified atom stereocenters. The number of thioether (sulfide) groups is 1. The summed E-state index contributed by atoms with van der Waals surface area (Å²) in [6.45, 7) is 4.23. The molecule has 2 aromatic rings. The van der Waals surface area contributed by atoms with E-state index in [1.54, 1.807) is 11.8 Å². The van der Waals surface area contributed by atoms with E-state index in [-0.39, 0.29) is 5.56 Å². The number of hydrogen-bond acceptors (Lipinski definition) is 3. The number of nitrogens with zero attached hydrogens (tertiary/aromatic N) is 1. The van der Waals surface area contributed by atoms with Gasteiger partial charge in [-0.2, -0.15) is 11.8 Å². The fraction of sp³-hybridized carbons (Fsp3) is 0.385. The first-order valence-corrected chi connectivity index (χ1v) is 7.03. The molecule has 4 heteroatoms. The van der Waals surface area contributed by atoms with Gasteiger partial charge in [-0.15, -0.1) is 0 Å². The normalized spacial score (nSPS) is 11.3. The highest BCUT2D eigenvalue weighted by atomic mass is 32.2. The number of nitrogens with one attached hydrogen (secondary N) is 1. The SMILES string of the molecule is CSCc1nc2ccc(C(C)C)cc2c(=O)[nH]1. The molecule has 0 fully saturated rings. The maximum absolute atomic E-state index is 11.9. The molecule has 0 aliphatic rings. The van der Waals surface area contributed by atoms with Crippen LogP contribution in [0.15, 0.2) is 23.0 Å². The maximum atomic E-state index is 11.9. The summed E-state index contributed by atoms with van der Waals surface area (Å²) in [5, 5.41) is 0.682. The number of benzene rings is 1. The summed E-state index contributed by atoms with van der Waals surface area (Å²) in [4.78, 5) is 19.2. The highest BCUT2D eigenvalue weighted by Gasteiger charge is 2.06. The van der Waals surface area contributed by atoms with Crippen molar-refractivity contribution >= 4 is 22.7 Å². The Morgan fingerprint density at radius 1 is 1.41 bits per heavy atom. The Hall–Kier alpha value is -1.29. The Bertz CT molecular complexity index is 589. The molecule has 0 amide bonds. The molecular weight excluding hydrogens is 232 g/mol. The van der Waals surface area contributed by atoms with E-state index in [1.165, 1.54) is 5.56 Å². The van der Waals surface area contributed by atoms with E-state index >= 15 is 0 Å². The van der Waals surface area contributed by atoms with Crippen molar-refractivity contribution < 1.29 is 0 Å². The molecule has 0 atom stereocenters. The standard InChI is InChI=1S/C13H16N2OS/c1-8(2)9-4-5-11-10(6-9)13(16)15-12(14-11)7-17-3/h4-6,8H,7H2,1-3H3,(H,14,15,16). The molecule has 0 saturated heterocycles. The molecule has 0 aliphatic carbocycles. The van der Waals surface area contributed by atoms with E-state index in [9.17, 15) is 4.79 Å². The summed E-state index contributed by atoms with van der Waals surface area (Å²) in [6.07, 6.45) is 1.99. The van der Waals surface area contributed by atoms with E-state index in [4.69, 9.17) is 0 Å². The zero-order valence-electron chi connectivity index (χ0n) is 10.3. The van der Waals surface area contributed by atoms with Crippen LogP contribution in [0.1, 0.15) is 31.2 Å². The van der Waals surface area contributed by atoms with Crippen LogP contribution in [0.5, 0.6) is 0 Å². The zero-order chi connectivity index (χ0) is 12.4. The summed E-state index contributed by atoms with van der Waals surface area (Å²) >= 11 is 1.65. The summed E-state index contributed by atoms with van der Waals surface area (Å²) in [5.74, 6) is 1.90. The van der Waals surface area contributed by atoms with Crippen molar-refractivity contribution in [2.45, 2.75) is 25.5 Å². The summed E-state index contributed by atoms with van der Waals surface area (Å²) < 4.78 is 0. The van der Waals surface area contributed by atoms with Gasteiger partial charge in [0.25, 0.3) is 5.56 Å². The molecule has 1 aromatic carbocycles. The minimum absolute atomic E-state index is 0.0402. The van der Waals surface area contributed by atoms with Gasteiger partial charge in [-0.3, -0.25) is 4.79 Å². The average molecular weight is 248 g/mol. The van der Waals surface area contributed by atoms with Crippen molar-refractivity contribution in [3.8, 4) is 0 Å². The first-order chi connectivity index (χ1) is 8.11. The summed E-state index contributed by atoms with van der Waals surface area (Å²) in [7, 11) is 0. The Morgan fingerprint density at radius 3 is 2.82 bits per heavy atom. The molecule has 1 aromatic heterocycles.